The molecule has 0 aliphatic rings. The zero-order valence-electron chi connectivity index (χ0n) is 10.0. The van der Waals surface area contributed by atoms with Gasteiger partial charge in [-0.25, -0.2) is 14.8 Å². The van der Waals surface area contributed by atoms with E-state index >= 15 is 0 Å². The normalized spacial score (nSPS) is 10.2. The molecule has 19 heavy (non-hydrogen) atoms. The molecule has 0 aliphatic heterocycles. The fourth-order valence-corrected chi connectivity index (χ4v) is 1.34. The number of pyridine rings is 1. The number of aromatic amines is 1. The van der Waals surface area contributed by atoms with E-state index in [1.54, 1.807) is 0 Å². The zero-order valence-corrected chi connectivity index (χ0v) is 10.0. The maximum atomic E-state index is 11.8. The number of hydrogen-bond donors (Lipinski definition) is 3. The van der Waals surface area contributed by atoms with E-state index in [1.807, 2.05) is 6.92 Å². The number of aromatic nitrogens is 4. The summed E-state index contributed by atoms with van der Waals surface area (Å²) in [4.78, 5) is 30.0. The summed E-state index contributed by atoms with van der Waals surface area (Å²) in [5, 5.41) is 17.6. The monoisotopic (exact) mass is 261 g/mol. The molecule has 0 unspecified atom stereocenters. The van der Waals surface area contributed by atoms with Crippen molar-refractivity contribution >= 4 is 17.6 Å². The van der Waals surface area contributed by atoms with E-state index in [0.29, 0.717) is 17.9 Å². The number of amides is 1. The Morgan fingerprint density at radius 1 is 1.42 bits per heavy atom. The molecule has 0 radical (unpaired) electrons. The van der Waals surface area contributed by atoms with Crippen LogP contribution < -0.4 is 5.32 Å². The second-order valence-electron chi connectivity index (χ2n) is 3.65. The molecule has 98 valence electrons. The van der Waals surface area contributed by atoms with Crippen molar-refractivity contribution in [2.24, 2.45) is 0 Å². The molecule has 0 atom stereocenters. The van der Waals surface area contributed by atoms with Crippen LogP contribution in [0.25, 0.3) is 0 Å². The Morgan fingerprint density at radius 3 is 2.74 bits per heavy atom. The van der Waals surface area contributed by atoms with Gasteiger partial charge in [-0.05, 0) is 12.1 Å². The van der Waals surface area contributed by atoms with Gasteiger partial charge in [0.1, 0.15) is 11.5 Å². The SMILES string of the molecule is CCc1nc(C(=O)Nc2ccc(C(=O)O)nc2)n[nH]1. The first kappa shape index (κ1) is 12.7. The van der Waals surface area contributed by atoms with Crippen LogP contribution in [0, 0.1) is 0 Å². The largest absolute Gasteiger partial charge is 0.477 e. The van der Waals surface area contributed by atoms with Gasteiger partial charge < -0.3 is 10.4 Å². The van der Waals surface area contributed by atoms with Gasteiger partial charge in [0.05, 0.1) is 11.9 Å². The average Bonchev–Trinajstić information content (AvgIpc) is 2.88. The van der Waals surface area contributed by atoms with Crippen LogP contribution in [0.15, 0.2) is 18.3 Å². The highest BCUT2D eigenvalue weighted by atomic mass is 16.4. The quantitative estimate of drug-likeness (QED) is 0.745. The summed E-state index contributed by atoms with van der Waals surface area (Å²) < 4.78 is 0. The number of H-pyrrole nitrogens is 1. The number of carboxylic acids is 1. The Balaban J connectivity index is 2.08. The third kappa shape index (κ3) is 2.92. The molecule has 1 amide bonds. The molecular formula is C11H11N5O3. The highest BCUT2D eigenvalue weighted by molar-refractivity contribution is 6.01. The van der Waals surface area contributed by atoms with Gasteiger partial charge >= 0.3 is 5.97 Å². The number of nitrogens with zero attached hydrogens (tertiary/aromatic N) is 3. The second-order valence-corrected chi connectivity index (χ2v) is 3.65. The molecular weight excluding hydrogens is 250 g/mol. The van der Waals surface area contributed by atoms with Gasteiger partial charge in [0.25, 0.3) is 5.91 Å². The van der Waals surface area contributed by atoms with Crippen LogP contribution in [0.3, 0.4) is 0 Å². The molecule has 0 aromatic carbocycles. The summed E-state index contributed by atoms with van der Waals surface area (Å²) >= 11 is 0. The first-order chi connectivity index (χ1) is 9.10. The van der Waals surface area contributed by atoms with Gasteiger partial charge in [-0.15, -0.1) is 5.10 Å². The van der Waals surface area contributed by atoms with E-state index in [-0.39, 0.29) is 11.5 Å². The number of anilines is 1. The van der Waals surface area contributed by atoms with Crippen LogP contribution >= 0.6 is 0 Å². The highest BCUT2D eigenvalue weighted by Gasteiger charge is 2.12. The Hall–Kier alpha value is -2.77. The van der Waals surface area contributed by atoms with E-state index in [2.05, 4.69) is 25.5 Å². The number of aromatic carboxylic acids is 1. The van der Waals surface area contributed by atoms with Crippen molar-refractivity contribution in [2.45, 2.75) is 13.3 Å². The number of hydrogen-bond acceptors (Lipinski definition) is 5. The summed E-state index contributed by atoms with van der Waals surface area (Å²) in [5.74, 6) is -0.969. The number of aryl methyl sites for hydroxylation is 1. The Kier molecular flexibility index (Phi) is 3.51. The molecule has 0 aliphatic carbocycles. The van der Waals surface area contributed by atoms with Gasteiger partial charge in [-0.3, -0.25) is 9.89 Å². The Morgan fingerprint density at radius 2 is 2.21 bits per heavy atom. The lowest BCUT2D eigenvalue weighted by molar-refractivity contribution is 0.0690. The van der Waals surface area contributed by atoms with E-state index in [0.717, 1.165) is 0 Å². The van der Waals surface area contributed by atoms with Gasteiger partial charge in [-0.1, -0.05) is 6.92 Å². The molecule has 0 saturated heterocycles. The lowest BCUT2D eigenvalue weighted by Crippen LogP contribution is -2.14. The minimum Gasteiger partial charge on any atom is -0.477 e. The van der Waals surface area contributed by atoms with Crippen LogP contribution in [-0.4, -0.2) is 37.1 Å². The van der Waals surface area contributed by atoms with E-state index in [1.165, 1.54) is 18.3 Å². The maximum Gasteiger partial charge on any atom is 0.354 e. The van der Waals surface area contributed by atoms with Crippen LogP contribution in [0.2, 0.25) is 0 Å². The molecule has 8 heteroatoms. The molecule has 0 fully saturated rings. The third-order valence-corrected chi connectivity index (χ3v) is 2.31. The van der Waals surface area contributed by atoms with E-state index in [9.17, 15) is 9.59 Å². The van der Waals surface area contributed by atoms with Crippen molar-refractivity contribution < 1.29 is 14.7 Å². The first-order valence-corrected chi connectivity index (χ1v) is 5.52. The van der Waals surface area contributed by atoms with Gasteiger partial charge in [0.15, 0.2) is 0 Å². The predicted molar refractivity (Wildman–Crippen MR) is 64.9 cm³/mol. The molecule has 2 rings (SSSR count). The van der Waals surface area contributed by atoms with Gasteiger partial charge in [0, 0.05) is 6.42 Å². The summed E-state index contributed by atoms with van der Waals surface area (Å²) in [6.07, 6.45) is 1.91. The Labute approximate surface area is 107 Å². The zero-order chi connectivity index (χ0) is 13.8. The summed E-state index contributed by atoms with van der Waals surface area (Å²) in [7, 11) is 0. The maximum absolute atomic E-state index is 11.8. The molecule has 3 N–H and O–H groups in total. The van der Waals surface area contributed by atoms with Crippen molar-refractivity contribution in [2.75, 3.05) is 5.32 Å². The van der Waals surface area contributed by atoms with Crippen LogP contribution in [0.4, 0.5) is 5.69 Å². The lowest BCUT2D eigenvalue weighted by Gasteiger charge is -2.01. The van der Waals surface area contributed by atoms with Crippen molar-refractivity contribution in [3.63, 3.8) is 0 Å². The second kappa shape index (κ2) is 5.25. The van der Waals surface area contributed by atoms with Gasteiger partial charge in [-0.2, -0.15) is 0 Å². The lowest BCUT2D eigenvalue weighted by atomic mass is 10.3. The molecule has 2 aromatic rings. The summed E-state index contributed by atoms with van der Waals surface area (Å²) in [6, 6.07) is 2.75. The van der Waals surface area contributed by atoms with Crippen molar-refractivity contribution in [1.82, 2.24) is 20.2 Å². The van der Waals surface area contributed by atoms with Gasteiger partial charge in [0.2, 0.25) is 5.82 Å². The molecule has 8 nitrogen and oxygen atoms in total. The molecule has 0 saturated carbocycles. The number of rotatable bonds is 4. The minimum atomic E-state index is -1.13. The van der Waals surface area contributed by atoms with Crippen molar-refractivity contribution in [1.29, 1.82) is 0 Å². The number of carbonyl (C=O) groups is 2. The molecule has 0 spiro atoms. The number of nitrogens with one attached hydrogen (secondary N) is 2. The van der Waals surface area contributed by atoms with Crippen molar-refractivity contribution in [3.8, 4) is 0 Å². The topological polar surface area (TPSA) is 121 Å². The first-order valence-electron chi connectivity index (χ1n) is 5.52. The van der Waals surface area contributed by atoms with E-state index in [4.69, 9.17) is 5.11 Å². The van der Waals surface area contributed by atoms with Crippen molar-refractivity contribution in [3.05, 3.63) is 35.7 Å². The minimum absolute atomic E-state index is 0.0270. The third-order valence-electron chi connectivity index (χ3n) is 2.31. The predicted octanol–water partition coefficient (Wildman–Crippen LogP) is 0.713. The van der Waals surface area contributed by atoms with Crippen LogP contribution in [0.1, 0.15) is 33.9 Å². The van der Waals surface area contributed by atoms with Crippen LogP contribution in [0.5, 0.6) is 0 Å². The molecule has 0 bridgehead atoms. The standard InChI is InChI=1S/C11H11N5O3/c1-2-8-14-9(16-15-8)10(17)13-6-3-4-7(11(18)19)12-5-6/h3-5H,2H2,1H3,(H,13,17)(H,18,19)(H,14,15,16). The molecule has 2 aromatic heterocycles. The summed E-state index contributed by atoms with van der Waals surface area (Å²) in [6.45, 7) is 1.89. The number of carbonyl (C=O) groups excluding carboxylic acids is 1. The summed E-state index contributed by atoms with van der Waals surface area (Å²) in [5.41, 5.74) is 0.280. The highest BCUT2D eigenvalue weighted by Crippen LogP contribution is 2.07. The number of carboxylic acid groups (broad SMARTS) is 1. The molecule has 2 heterocycles. The Bertz CT molecular complexity index is 605. The smallest absolute Gasteiger partial charge is 0.354 e. The fraction of sp³-hybridized carbons (Fsp3) is 0.182. The average molecular weight is 261 g/mol. The fourth-order valence-electron chi connectivity index (χ4n) is 1.34. The van der Waals surface area contributed by atoms with Crippen LogP contribution in [-0.2, 0) is 6.42 Å². The van der Waals surface area contributed by atoms with E-state index < -0.39 is 11.9 Å².